The van der Waals surface area contributed by atoms with Gasteiger partial charge < -0.3 is 10.3 Å². The molecule has 1 aromatic heterocycles. The number of aryl methyl sites for hydroxylation is 1. The Labute approximate surface area is 95.0 Å². The van der Waals surface area contributed by atoms with Gasteiger partial charge in [0.15, 0.2) is 0 Å². The zero-order chi connectivity index (χ0) is 11.6. The number of H-pyrrole nitrogens is 1. The molecule has 0 bridgehead atoms. The number of rotatable bonds is 5. The van der Waals surface area contributed by atoms with Crippen molar-refractivity contribution >= 4 is 5.96 Å². The Hall–Kier alpha value is -2.03. The van der Waals surface area contributed by atoms with Gasteiger partial charge in [-0.2, -0.15) is 11.5 Å². The molecule has 0 unspecified atom stereocenters. The van der Waals surface area contributed by atoms with Crippen LogP contribution in [0.2, 0.25) is 0 Å². The summed E-state index contributed by atoms with van der Waals surface area (Å²) in [7, 11) is 1.64. The molecule has 0 aromatic carbocycles. The molecular formula is C10H16N6. The summed E-state index contributed by atoms with van der Waals surface area (Å²) < 4.78 is 0. The summed E-state index contributed by atoms with van der Waals surface area (Å²) in [5.74, 6) is 0.525. The van der Waals surface area contributed by atoms with Crippen molar-refractivity contribution in [3.05, 3.63) is 29.7 Å². The molecule has 86 valence electrons. The maximum Gasteiger partial charge on any atom is 0.262 e. The van der Waals surface area contributed by atoms with E-state index in [9.17, 15) is 0 Å². The number of hydrogen-bond acceptors (Lipinski definition) is 2. The minimum atomic E-state index is 0.525. The quantitative estimate of drug-likeness (QED) is 0.225. The van der Waals surface area contributed by atoms with Gasteiger partial charge in [-0.3, -0.25) is 4.99 Å². The second kappa shape index (κ2) is 7.29. The van der Waals surface area contributed by atoms with Gasteiger partial charge in [-0.15, -0.1) is 0 Å². The minimum Gasteiger partial charge on any atom is -0.351 e. The van der Waals surface area contributed by atoms with Crippen molar-refractivity contribution in [3.63, 3.8) is 0 Å². The van der Waals surface area contributed by atoms with E-state index in [-0.39, 0.29) is 0 Å². The highest BCUT2D eigenvalue weighted by molar-refractivity contribution is 5.79. The summed E-state index contributed by atoms with van der Waals surface area (Å²) in [4.78, 5) is 13.9. The molecule has 1 heterocycles. The van der Waals surface area contributed by atoms with Crippen molar-refractivity contribution < 1.29 is 0 Å². The molecule has 0 atom stereocenters. The first-order chi connectivity index (χ1) is 7.86. The summed E-state index contributed by atoms with van der Waals surface area (Å²) in [5, 5.41) is 3.05. The van der Waals surface area contributed by atoms with Crippen LogP contribution in [0.3, 0.4) is 0 Å². The highest BCUT2D eigenvalue weighted by Crippen LogP contribution is 1.98. The largest absolute Gasteiger partial charge is 0.351 e. The highest BCUT2D eigenvalue weighted by Gasteiger charge is 1.98. The van der Waals surface area contributed by atoms with Gasteiger partial charge in [0.1, 0.15) is 0 Å². The van der Waals surface area contributed by atoms with E-state index in [1.807, 2.05) is 6.20 Å². The lowest BCUT2D eigenvalue weighted by molar-refractivity contribution is 0.696. The summed E-state index contributed by atoms with van der Waals surface area (Å²) in [5.41, 5.74) is 3.61. The summed E-state index contributed by atoms with van der Waals surface area (Å²) in [6.45, 7) is 7.44. The maximum atomic E-state index is 6.63. The molecule has 0 saturated heterocycles. The van der Waals surface area contributed by atoms with Crippen molar-refractivity contribution in [2.24, 2.45) is 4.99 Å². The van der Waals surface area contributed by atoms with Crippen molar-refractivity contribution in [2.75, 3.05) is 13.6 Å². The Morgan fingerprint density at radius 3 is 3.12 bits per heavy atom. The second-order valence-electron chi connectivity index (χ2n) is 3.26. The van der Waals surface area contributed by atoms with E-state index in [4.69, 9.17) is 6.57 Å². The Bertz CT molecular complexity index is 348. The maximum absolute atomic E-state index is 6.63. The monoisotopic (exact) mass is 220 g/mol. The molecule has 0 fully saturated rings. The number of nitrogens with zero attached hydrogens (tertiary/aromatic N) is 3. The molecule has 16 heavy (non-hydrogen) atoms. The molecule has 6 heteroatoms. The number of hydrogen-bond donors (Lipinski definition) is 3. The summed E-state index contributed by atoms with van der Waals surface area (Å²) in [6, 6.07) is 0. The van der Waals surface area contributed by atoms with E-state index in [2.05, 4.69) is 30.7 Å². The van der Waals surface area contributed by atoms with Gasteiger partial charge in [0.2, 0.25) is 0 Å². The standard InChI is InChI=1S/C10H16N6/c1-11-10(16-12-2)14-6-4-3-5-9-7-13-8-15-9/h7-8H,3-6H2,1H3,(H,13,15)(H2,11,14,16). The van der Waals surface area contributed by atoms with Gasteiger partial charge in [0.25, 0.3) is 5.96 Å². The van der Waals surface area contributed by atoms with Gasteiger partial charge in [-0.05, 0) is 19.3 Å². The first-order valence-electron chi connectivity index (χ1n) is 5.17. The van der Waals surface area contributed by atoms with Crippen LogP contribution in [0.25, 0.3) is 4.95 Å². The van der Waals surface area contributed by atoms with Crippen molar-refractivity contribution in [3.8, 4) is 0 Å². The van der Waals surface area contributed by atoms with Crippen molar-refractivity contribution in [2.45, 2.75) is 19.3 Å². The normalized spacial score (nSPS) is 10.9. The van der Waals surface area contributed by atoms with Crippen LogP contribution in [0.5, 0.6) is 0 Å². The van der Waals surface area contributed by atoms with Crippen molar-refractivity contribution in [1.82, 2.24) is 20.7 Å². The molecule has 0 amide bonds. The average Bonchev–Trinajstić information content (AvgIpc) is 2.80. The molecule has 0 aliphatic rings. The van der Waals surface area contributed by atoms with Crippen LogP contribution < -0.4 is 10.7 Å². The minimum absolute atomic E-state index is 0.525. The molecule has 0 spiro atoms. The summed E-state index contributed by atoms with van der Waals surface area (Å²) >= 11 is 0. The van der Waals surface area contributed by atoms with E-state index >= 15 is 0 Å². The number of aromatic amines is 1. The third-order valence-electron chi connectivity index (χ3n) is 2.11. The van der Waals surface area contributed by atoms with Gasteiger partial charge in [0.05, 0.1) is 6.33 Å². The first-order valence-corrected chi connectivity index (χ1v) is 5.17. The topological polar surface area (TPSA) is 69.5 Å². The Morgan fingerprint density at radius 2 is 2.50 bits per heavy atom. The van der Waals surface area contributed by atoms with Crippen LogP contribution >= 0.6 is 0 Å². The molecule has 1 aromatic rings. The van der Waals surface area contributed by atoms with Crippen LogP contribution in [0, 0.1) is 6.57 Å². The molecule has 3 N–H and O–H groups in total. The lowest BCUT2D eigenvalue weighted by Crippen LogP contribution is -2.33. The van der Waals surface area contributed by atoms with Crippen LogP contribution in [-0.4, -0.2) is 29.5 Å². The van der Waals surface area contributed by atoms with E-state index in [0.29, 0.717) is 5.96 Å². The Morgan fingerprint density at radius 1 is 1.62 bits per heavy atom. The first kappa shape index (κ1) is 12.0. The number of unbranched alkanes of at least 4 members (excludes halogenated alkanes) is 1. The average molecular weight is 220 g/mol. The van der Waals surface area contributed by atoms with E-state index in [1.54, 1.807) is 13.4 Å². The van der Waals surface area contributed by atoms with E-state index < -0.39 is 0 Å². The Balaban J connectivity index is 2.06. The van der Waals surface area contributed by atoms with Crippen LogP contribution in [0.1, 0.15) is 18.5 Å². The van der Waals surface area contributed by atoms with Gasteiger partial charge in [-0.1, -0.05) is 5.43 Å². The molecule has 1 rings (SSSR count). The molecule has 0 aliphatic heterocycles. The van der Waals surface area contributed by atoms with Crippen LogP contribution in [-0.2, 0) is 6.42 Å². The fraction of sp³-hybridized carbons (Fsp3) is 0.500. The van der Waals surface area contributed by atoms with Gasteiger partial charge >= 0.3 is 0 Å². The highest BCUT2D eigenvalue weighted by atomic mass is 15.4. The smallest absolute Gasteiger partial charge is 0.262 e. The molecule has 0 saturated carbocycles. The number of aromatic nitrogens is 2. The third-order valence-corrected chi connectivity index (χ3v) is 2.11. The Kier molecular flexibility index (Phi) is 5.48. The predicted molar refractivity (Wildman–Crippen MR) is 62.6 cm³/mol. The lowest BCUT2D eigenvalue weighted by atomic mass is 10.2. The zero-order valence-electron chi connectivity index (χ0n) is 9.32. The fourth-order valence-electron chi connectivity index (χ4n) is 1.29. The lowest BCUT2D eigenvalue weighted by Gasteiger charge is -2.03. The van der Waals surface area contributed by atoms with E-state index in [0.717, 1.165) is 31.5 Å². The number of imidazole rings is 1. The SMILES string of the molecule is [C-]#[N+]NC(=NC)NCCCCc1cnc[nH]1. The van der Waals surface area contributed by atoms with E-state index in [1.165, 1.54) is 0 Å². The predicted octanol–water partition coefficient (Wildman–Crippen LogP) is 0.732. The summed E-state index contributed by atoms with van der Waals surface area (Å²) in [6.07, 6.45) is 6.63. The van der Waals surface area contributed by atoms with Gasteiger partial charge in [-0.25, -0.2) is 4.98 Å². The van der Waals surface area contributed by atoms with Crippen LogP contribution in [0.15, 0.2) is 17.5 Å². The van der Waals surface area contributed by atoms with Crippen LogP contribution in [0.4, 0.5) is 0 Å². The zero-order valence-corrected chi connectivity index (χ0v) is 9.32. The fourth-order valence-corrected chi connectivity index (χ4v) is 1.29. The number of nitrogens with one attached hydrogen (secondary N) is 3. The number of aliphatic imine (C=N–C) groups is 1. The molecular weight excluding hydrogens is 204 g/mol. The molecule has 0 radical (unpaired) electrons. The second-order valence-corrected chi connectivity index (χ2v) is 3.26. The molecule has 0 aliphatic carbocycles. The molecule has 6 nitrogen and oxygen atoms in total. The number of guanidine groups is 1. The van der Waals surface area contributed by atoms with Crippen molar-refractivity contribution in [1.29, 1.82) is 0 Å². The van der Waals surface area contributed by atoms with Gasteiger partial charge in [0, 0.05) is 25.5 Å². The third kappa shape index (κ3) is 4.46.